The topological polar surface area (TPSA) is 92.7 Å². The average Bonchev–Trinajstić information content (AvgIpc) is 2.99. The Morgan fingerprint density at radius 3 is 2.03 bits per heavy atom. The summed E-state index contributed by atoms with van der Waals surface area (Å²) in [4.78, 5) is 35.7. The number of Topliss-reactive ketones (excluding diaryl/α,β-unsaturated/α-hetero) is 1. The van der Waals surface area contributed by atoms with Crippen molar-refractivity contribution < 1.29 is 24.2 Å². The van der Waals surface area contributed by atoms with E-state index in [4.69, 9.17) is 9.84 Å². The van der Waals surface area contributed by atoms with E-state index in [0.29, 0.717) is 0 Å². The maximum absolute atomic E-state index is 12.3. The van der Waals surface area contributed by atoms with E-state index >= 15 is 0 Å². The maximum atomic E-state index is 12.3. The third-order valence-electron chi connectivity index (χ3n) is 5.01. The van der Waals surface area contributed by atoms with E-state index in [2.05, 4.69) is 5.32 Å². The van der Waals surface area contributed by atoms with Crippen molar-refractivity contribution in [3.05, 3.63) is 59.7 Å². The van der Waals surface area contributed by atoms with Crippen LogP contribution in [0.3, 0.4) is 0 Å². The predicted molar refractivity (Wildman–Crippen MR) is 109 cm³/mol. The normalized spacial score (nSPS) is 13.5. The number of amides is 1. The van der Waals surface area contributed by atoms with Crippen molar-refractivity contribution in [3.63, 3.8) is 0 Å². The van der Waals surface area contributed by atoms with Crippen molar-refractivity contribution >= 4 is 17.8 Å². The highest BCUT2D eigenvalue weighted by Crippen LogP contribution is 2.44. The van der Waals surface area contributed by atoms with Gasteiger partial charge in [-0.2, -0.15) is 0 Å². The fourth-order valence-electron chi connectivity index (χ4n) is 3.75. The van der Waals surface area contributed by atoms with Gasteiger partial charge in [-0.1, -0.05) is 62.4 Å². The Balaban J connectivity index is 1.68. The van der Waals surface area contributed by atoms with Crippen LogP contribution in [-0.4, -0.2) is 35.6 Å². The summed E-state index contributed by atoms with van der Waals surface area (Å²) in [6.45, 7) is 3.84. The number of nitrogens with one attached hydrogen (secondary N) is 1. The number of rotatable bonds is 8. The summed E-state index contributed by atoms with van der Waals surface area (Å²) in [7, 11) is 0. The molecule has 1 aliphatic rings. The van der Waals surface area contributed by atoms with Crippen molar-refractivity contribution in [2.45, 2.75) is 38.6 Å². The van der Waals surface area contributed by atoms with Crippen LogP contribution in [0, 0.1) is 5.92 Å². The number of hydrogen-bond acceptors (Lipinski definition) is 4. The highest BCUT2D eigenvalue weighted by molar-refractivity contribution is 5.90. The number of carbonyl (C=O) groups is 3. The van der Waals surface area contributed by atoms with Crippen molar-refractivity contribution in [1.29, 1.82) is 0 Å². The molecule has 0 saturated carbocycles. The van der Waals surface area contributed by atoms with Crippen LogP contribution >= 0.6 is 0 Å². The Kier molecular flexibility index (Phi) is 6.32. The van der Waals surface area contributed by atoms with Crippen LogP contribution < -0.4 is 5.32 Å². The van der Waals surface area contributed by atoms with E-state index in [-0.39, 0.29) is 30.6 Å². The minimum atomic E-state index is -1.15. The van der Waals surface area contributed by atoms with Gasteiger partial charge in [0.25, 0.3) is 0 Å². The van der Waals surface area contributed by atoms with Gasteiger partial charge in [0.05, 0.1) is 6.42 Å². The number of carboxylic acids is 1. The van der Waals surface area contributed by atoms with Crippen LogP contribution in [0.1, 0.15) is 43.7 Å². The minimum absolute atomic E-state index is 0.0723. The summed E-state index contributed by atoms with van der Waals surface area (Å²) in [5, 5.41) is 11.5. The zero-order chi connectivity index (χ0) is 21.0. The summed E-state index contributed by atoms with van der Waals surface area (Å²) in [5.74, 6) is -1.48. The molecule has 2 aromatic carbocycles. The molecule has 0 aromatic heterocycles. The van der Waals surface area contributed by atoms with Crippen LogP contribution in [0.15, 0.2) is 48.5 Å². The Bertz CT molecular complexity index is 875. The van der Waals surface area contributed by atoms with Crippen molar-refractivity contribution in [2.75, 3.05) is 6.61 Å². The number of ether oxygens (including phenoxy) is 1. The lowest BCUT2D eigenvalue weighted by Crippen LogP contribution is -2.43. The molecule has 0 radical (unpaired) electrons. The molecule has 0 unspecified atom stereocenters. The molecular formula is C23H25NO5. The van der Waals surface area contributed by atoms with Gasteiger partial charge in [-0.15, -0.1) is 0 Å². The van der Waals surface area contributed by atoms with E-state index in [1.54, 1.807) is 0 Å². The molecule has 0 fully saturated rings. The molecule has 0 spiro atoms. The molecule has 6 nitrogen and oxygen atoms in total. The van der Waals surface area contributed by atoms with E-state index in [1.165, 1.54) is 0 Å². The molecule has 2 aromatic rings. The van der Waals surface area contributed by atoms with Gasteiger partial charge < -0.3 is 15.2 Å². The smallest absolute Gasteiger partial charge is 0.407 e. The van der Waals surface area contributed by atoms with Crippen molar-refractivity contribution in [3.8, 4) is 11.1 Å². The first-order valence-corrected chi connectivity index (χ1v) is 9.72. The summed E-state index contributed by atoms with van der Waals surface area (Å²) in [6.07, 6.45) is -1.05. The average molecular weight is 395 g/mol. The Morgan fingerprint density at radius 1 is 0.966 bits per heavy atom. The molecule has 152 valence electrons. The van der Waals surface area contributed by atoms with Crippen LogP contribution in [0.2, 0.25) is 0 Å². The van der Waals surface area contributed by atoms with Gasteiger partial charge in [-0.3, -0.25) is 9.59 Å². The first kappa shape index (κ1) is 20.6. The monoisotopic (exact) mass is 395 g/mol. The number of ketones is 1. The summed E-state index contributed by atoms with van der Waals surface area (Å²) < 4.78 is 5.41. The first-order valence-electron chi connectivity index (χ1n) is 9.72. The number of hydrogen-bond donors (Lipinski definition) is 2. The highest BCUT2D eigenvalue weighted by Gasteiger charge is 2.30. The standard InChI is InChI=1S/C23H25NO5/c1-14(2)11-21(25)20(12-22(26)27)24-23(28)29-13-19-17-9-5-3-7-15(17)16-8-4-6-10-18(16)19/h3-10,14,19-20H,11-13H2,1-2H3,(H,24,28)(H,26,27)/t20-/m1/s1. The number of alkyl carbamates (subject to hydrolysis) is 1. The Morgan fingerprint density at radius 2 is 1.52 bits per heavy atom. The molecule has 1 amide bonds. The molecule has 1 aliphatic carbocycles. The molecule has 3 rings (SSSR count). The van der Waals surface area contributed by atoms with Gasteiger partial charge in [-0.05, 0) is 28.2 Å². The van der Waals surface area contributed by atoms with Crippen LogP contribution in [0.5, 0.6) is 0 Å². The van der Waals surface area contributed by atoms with Crippen LogP contribution in [0.4, 0.5) is 4.79 Å². The lowest BCUT2D eigenvalue weighted by molar-refractivity contribution is -0.139. The minimum Gasteiger partial charge on any atom is -0.481 e. The van der Waals surface area contributed by atoms with Gasteiger partial charge in [0, 0.05) is 12.3 Å². The fourth-order valence-corrected chi connectivity index (χ4v) is 3.75. The predicted octanol–water partition coefficient (Wildman–Crippen LogP) is 3.98. The van der Waals surface area contributed by atoms with Crippen molar-refractivity contribution in [1.82, 2.24) is 5.32 Å². The van der Waals surface area contributed by atoms with E-state index < -0.39 is 24.5 Å². The number of carboxylic acid groups (broad SMARTS) is 1. The second-order valence-electron chi connectivity index (χ2n) is 7.68. The molecule has 1 atom stereocenters. The second-order valence-corrected chi connectivity index (χ2v) is 7.68. The number of benzene rings is 2. The second kappa shape index (κ2) is 8.90. The molecule has 6 heteroatoms. The lowest BCUT2D eigenvalue weighted by atomic mass is 9.98. The van der Waals surface area contributed by atoms with Gasteiger partial charge in [0.15, 0.2) is 5.78 Å². The molecule has 0 saturated heterocycles. The molecule has 0 aliphatic heterocycles. The van der Waals surface area contributed by atoms with Gasteiger partial charge in [0.1, 0.15) is 12.6 Å². The quantitative estimate of drug-likeness (QED) is 0.705. The highest BCUT2D eigenvalue weighted by atomic mass is 16.5. The maximum Gasteiger partial charge on any atom is 0.407 e. The van der Waals surface area contributed by atoms with Gasteiger partial charge in [0.2, 0.25) is 0 Å². The van der Waals surface area contributed by atoms with Crippen molar-refractivity contribution in [2.24, 2.45) is 5.92 Å². The molecule has 0 bridgehead atoms. The lowest BCUT2D eigenvalue weighted by Gasteiger charge is -2.19. The Labute approximate surface area is 169 Å². The SMILES string of the molecule is CC(C)CC(=O)[C@@H](CC(=O)O)NC(=O)OCC1c2ccccc2-c2ccccc21. The van der Waals surface area contributed by atoms with Gasteiger partial charge in [-0.25, -0.2) is 4.79 Å². The van der Waals surface area contributed by atoms with E-state index in [9.17, 15) is 14.4 Å². The van der Waals surface area contributed by atoms with Crippen LogP contribution in [0.25, 0.3) is 11.1 Å². The van der Waals surface area contributed by atoms with E-state index in [1.807, 2.05) is 62.4 Å². The summed E-state index contributed by atoms with van der Waals surface area (Å²) in [6, 6.07) is 14.9. The third-order valence-corrected chi connectivity index (χ3v) is 5.01. The summed E-state index contributed by atoms with van der Waals surface area (Å²) >= 11 is 0. The first-order chi connectivity index (χ1) is 13.9. The zero-order valence-electron chi connectivity index (χ0n) is 16.6. The number of fused-ring (bicyclic) bond motifs is 3. The zero-order valence-corrected chi connectivity index (χ0v) is 16.6. The number of aliphatic carboxylic acids is 1. The summed E-state index contributed by atoms with van der Waals surface area (Å²) in [5.41, 5.74) is 4.40. The fraction of sp³-hybridized carbons (Fsp3) is 0.348. The molecule has 0 heterocycles. The van der Waals surface area contributed by atoms with Gasteiger partial charge >= 0.3 is 12.1 Å². The number of carbonyl (C=O) groups excluding carboxylic acids is 2. The Hall–Kier alpha value is -3.15. The molecule has 2 N–H and O–H groups in total. The largest absolute Gasteiger partial charge is 0.481 e. The van der Waals surface area contributed by atoms with E-state index in [0.717, 1.165) is 22.3 Å². The third kappa shape index (κ3) is 4.83. The van der Waals surface area contributed by atoms with Crippen LogP contribution in [-0.2, 0) is 14.3 Å². The molecular weight excluding hydrogens is 370 g/mol. The molecule has 29 heavy (non-hydrogen) atoms.